The van der Waals surface area contributed by atoms with Crippen LogP contribution in [0.25, 0.3) is 0 Å². The van der Waals surface area contributed by atoms with Gasteiger partial charge < -0.3 is 14.2 Å². The Kier molecular flexibility index (Phi) is 3.74. The second kappa shape index (κ2) is 5.91. The molecule has 0 saturated carbocycles. The van der Waals surface area contributed by atoms with Crippen molar-refractivity contribution in [3.8, 4) is 6.07 Å². The first-order chi connectivity index (χ1) is 13.8. The van der Waals surface area contributed by atoms with Crippen molar-refractivity contribution in [1.29, 1.82) is 5.26 Å². The number of carbonyl (C=O) groups is 2. The van der Waals surface area contributed by atoms with Crippen LogP contribution < -0.4 is 4.90 Å². The fourth-order valence-electron chi connectivity index (χ4n) is 5.86. The van der Waals surface area contributed by atoms with Gasteiger partial charge in [0.05, 0.1) is 42.8 Å². The van der Waals surface area contributed by atoms with Gasteiger partial charge in [-0.15, -0.1) is 0 Å². The number of ether oxygens (including phenoxy) is 3. The summed E-state index contributed by atoms with van der Waals surface area (Å²) in [7, 11) is 1.36. The highest BCUT2D eigenvalue weighted by atomic mass is 16.6. The standard InChI is InChI=1S/C22H22N2O5/c1-12-8-15(5-4-13(12)11-23)24-19(26)17-18-20(24)28-7-6-22(18)14(9-16(25)27-3)10-21(17,2)29-22/h4-5,8-9,17-18,20H,6-7,10H2,1-3H3/b14-9+/t17-,18+,20+,21-,22+/m1/s1. The molecule has 29 heavy (non-hydrogen) atoms. The van der Waals surface area contributed by atoms with Crippen molar-refractivity contribution in [1.82, 2.24) is 0 Å². The molecule has 0 unspecified atom stereocenters. The van der Waals surface area contributed by atoms with Crippen molar-refractivity contribution in [2.24, 2.45) is 11.8 Å². The van der Waals surface area contributed by atoms with Gasteiger partial charge in [-0.2, -0.15) is 5.26 Å². The number of esters is 1. The van der Waals surface area contributed by atoms with Crippen LogP contribution in [0.4, 0.5) is 5.69 Å². The summed E-state index contributed by atoms with van der Waals surface area (Å²) in [4.78, 5) is 27.2. The predicted molar refractivity (Wildman–Crippen MR) is 102 cm³/mol. The Morgan fingerprint density at radius 1 is 1.45 bits per heavy atom. The van der Waals surface area contributed by atoms with Crippen LogP contribution in [0.2, 0.25) is 0 Å². The average molecular weight is 394 g/mol. The second-order valence-electron chi connectivity index (χ2n) is 8.51. The monoisotopic (exact) mass is 394 g/mol. The highest BCUT2D eigenvalue weighted by molar-refractivity contribution is 6.00. The number of benzene rings is 1. The number of fused-ring (bicyclic) bond motifs is 2. The summed E-state index contributed by atoms with van der Waals surface area (Å²) >= 11 is 0. The Hall–Kier alpha value is -2.69. The predicted octanol–water partition coefficient (Wildman–Crippen LogP) is 2.22. The summed E-state index contributed by atoms with van der Waals surface area (Å²) in [5.41, 5.74) is 1.67. The number of methoxy groups -OCH3 is 1. The van der Waals surface area contributed by atoms with E-state index >= 15 is 0 Å². The smallest absolute Gasteiger partial charge is 0.330 e. The zero-order chi connectivity index (χ0) is 20.6. The molecule has 4 saturated heterocycles. The molecular weight excluding hydrogens is 372 g/mol. The molecule has 0 aliphatic carbocycles. The van der Waals surface area contributed by atoms with Gasteiger partial charge in [0, 0.05) is 24.6 Å². The first-order valence-electron chi connectivity index (χ1n) is 9.79. The maximum absolute atomic E-state index is 13.6. The number of amides is 1. The van der Waals surface area contributed by atoms with E-state index in [0.717, 1.165) is 16.8 Å². The van der Waals surface area contributed by atoms with Crippen molar-refractivity contribution in [3.63, 3.8) is 0 Å². The van der Waals surface area contributed by atoms with Gasteiger partial charge in [0.15, 0.2) is 0 Å². The van der Waals surface area contributed by atoms with E-state index in [1.165, 1.54) is 13.2 Å². The summed E-state index contributed by atoms with van der Waals surface area (Å²) in [6.07, 6.45) is 2.21. The third kappa shape index (κ3) is 2.24. The molecule has 1 spiro atoms. The van der Waals surface area contributed by atoms with E-state index in [0.29, 0.717) is 25.0 Å². The van der Waals surface area contributed by atoms with Crippen molar-refractivity contribution < 1.29 is 23.8 Å². The van der Waals surface area contributed by atoms with Crippen LogP contribution in [-0.4, -0.2) is 43.0 Å². The molecule has 4 fully saturated rings. The first kappa shape index (κ1) is 18.3. The van der Waals surface area contributed by atoms with Gasteiger partial charge in [0.1, 0.15) is 11.8 Å². The largest absolute Gasteiger partial charge is 0.466 e. The van der Waals surface area contributed by atoms with Gasteiger partial charge in [-0.1, -0.05) is 0 Å². The highest BCUT2D eigenvalue weighted by Gasteiger charge is 2.76. The van der Waals surface area contributed by atoms with E-state index in [2.05, 4.69) is 6.07 Å². The number of hydrogen-bond acceptors (Lipinski definition) is 6. The van der Waals surface area contributed by atoms with Crippen LogP contribution in [0.5, 0.6) is 0 Å². The fourth-order valence-corrected chi connectivity index (χ4v) is 5.86. The SMILES string of the molecule is COC(=O)/C=C1\C[C@@]2(C)O[C@@]13CCO[C@H]1[C@@H]3[C@@H]2C(=O)N1c1ccc(C#N)c(C)c1. The van der Waals surface area contributed by atoms with E-state index in [1.807, 2.05) is 19.9 Å². The Balaban J connectivity index is 1.60. The van der Waals surface area contributed by atoms with Crippen molar-refractivity contribution in [2.75, 3.05) is 18.6 Å². The molecule has 7 heteroatoms. The molecule has 150 valence electrons. The summed E-state index contributed by atoms with van der Waals surface area (Å²) in [6.45, 7) is 4.25. The minimum Gasteiger partial charge on any atom is -0.466 e. The zero-order valence-corrected chi connectivity index (χ0v) is 16.6. The van der Waals surface area contributed by atoms with E-state index in [4.69, 9.17) is 14.2 Å². The normalized spacial score (nSPS) is 38.3. The zero-order valence-electron chi connectivity index (χ0n) is 16.6. The lowest BCUT2D eigenvalue weighted by molar-refractivity contribution is -0.137. The van der Waals surface area contributed by atoms with E-state index in [9.17, 15) is 14.9 Å². The van der Waals surface area contributed by atoms with Crippen molar-refractivity contribution in [3.05, 3.63) is 41.0 Å². The lowest BCUT2D eigenvalue weighted by atomic mass is 9.64. The van der Waals surface area contributed by atoms with Gasteiger partial charge in [-0.3, -0.25) is 9.69 Å². The third-order valence-electron chi connectivity index (χ3n) is 6.98. The van der Waals surface area contributed by atoms with Gasteiger partial charge in [-0.25, -0.2) is 4.79 Å². The Morgan fingerprint density at radius 3 is 2.93 bits per heavy atom. The summed E-state index contributed by atoms with van der Waals surface area (Å²) in [5.74, 6) is -0.946. The third-order valence-corrected chi connectivity index (χ3v) is 6.98. The quantitative estimate of drug-likeness (QED) is 0.565. The molecule has 0 aromatic heterocycles. The minimum atomic E-state index is -0.678. The number of carbonyl (C=O) groups excluding carboxylic acids is 2. The Bertz CT molecular complexity index is 1010. The van der Waals surface area contributed by atoms with Gasteiger partial charge in [-0.05, 0) is 43.2 Å². The molecule has 0 radical (unpaired) electrons. The van der Waals surface area contributed by atoms with Crippen LogP contribution in [0.15, 0.2) is 29.8 Å². The molecule has 4 heterocycles. The minimum absolute atomic E-state index is 0.0208. The average Bonchev–Trinajstić information content (AvgIpc) is 3.25. The number of rotatable bonds is 2. The van der Waals surface area contributed by atoms with Crippen molar-refractivity contribution in [2.45, 2.75) is 44.1 Å². The second-order valence-corrected chi connectivity index (χ2v) is 8.51. The van der Waals surface area contributed by atoms with Crippen LogP contribution in [0, 0.1) is 30.1 Å². The molecule has 2 bridgehead atoms. The van der Waals surface area contributed by atoms with Crippen LogP contribution in [0.3, 0.4) is 0 Å². The molecule has 5 rings (SSSR count). The topological polar surface area (TPSA) is 88.9 Å². The number of nitrogens with zero attached hydrogens (tertiary/aromatic N) is 2. The molecule has 4 aliphatic heterocycles. The summed E-state index contributed by atoms with van der Waals surface area (Å²) in [5, 5.41) is 9.22. The number of aryl methyl sites for hydroxylation is 1. The van der Waals surface area contributed by atoms with Gasteiger partial charge in [0.25, 0.3) is 0 Å². The molecule has 7 nitrogen and oxygen atoms in total. The maximum Gasteiger partial charge on any atom is 0.330 e. The lowest BCUT2D eigenvalue weighted by Crippen LogP contribution is -2.52. The molecule has 4 aliphatic rings. The molecular formula is C22H22N2O5. The van der Waals surface area contributed by atoms with Crippen LogP contribution in [0.1, 0.15) is 30.9 Å². The van der Waals surface area contributed by atoms with Crippen LogP contribution in [-0.2, 0) is 23.8 Å². The fraction of sp³-hybridized carbons (Fsp3) is 0.500. The maximum atomic E-state index is 13.6. The Morgan fingerprint density at radius 2 is 2.24 bits per heavy atom. The molecule has 0 N–H and O–H groups in total. The molecule has 1 amide bonds. The van der Waals surface area contributed by atoms with Crippen LogP contribution >= 0.6 is 0 Å². The van der Waals surface area contributed by atoms with E-state index in [1.54, 1.807) is 17.0 Å². The number of nitriles is 1. The molecule has 1 aromatic carbocycles. The molecule has 1 aromatic rings. The highest BCUT2D eigenvalue weighted by Crippen LogP contribution is 2.67. The molecule has 5 atom stereocenters. The van der Waals surface area contributed by atoms with Gasteiger partial charge >= 0.3 is 5.97 Å². The van der Waals surface area contributed by atoms with E-state index < -0.39 is 23.4 Å². The lowest BCUT2D eigenvalue weighted by Gasteiger charge is -2.43. The van der Waals surface area contributed by atoms with Crippen molar-refractivity contribution >= 4 is 17.6 Å². The summed E-state index contributed by atoms with van der Waals surface area (Å²) < 4.78 is 17.5. The van der Waals surface area contributed by atoms with Gasteiger partial charge in [0.2, 0.25) is 5.91 Å². The Labute approximate surface area is 168 Å². The summed E-state index contributed by atoms with van der Waals surface area (Å²) in [6, 6.07) is 7.55. The van der Waals surface area contributed by atoms with E-state index in [-0.39, 0.29) is 17.7 Å². The first-order valence-corrected chi connectivity index (χ1v) is 9.79. The number of anilines is 1. The number of hydrogen-bond donors (Lipinski definition) is 0.